The van der Waals surface area contributed by atoms with Gasteiger partial charge in [0, 0.05) is 11.7 Å². The molecule has 0 fully saturated rings. The fraction of sp³-hybridized carbons (Fsp3) is 0.118. The highest BCUT2D eigenvalue weighted by Crippen LogP contribution is 2.25. The maximum Gasteiger partial charge on any atom is 0.304 e. The Morgan fingerprint density at radius 3 is 2.39 bits per heavy atom. The predicted octanol–water partition coefficient (Wildman–Crippen LogP) is 3.08. The highest BCUT2D eigenvalue weighted by molar-refractivity contribution is 7.91. The highest BCUT2D eigenvalue weighted by Gasteiger charge is 2.16. The minimum absolute atomic E-state index is 0.142. The van der Waals surface area contributed by atoms with Crippen LogP contribution in [0.1, 0.15) is 6.42 Å². The van der Waals surface area contributed by atoms with Gasteiger partial charge in [0.15, 0.2) is 9.84 Å². The molecule has 2 aromatic carbocycles. The SMILES string of the molecule is O=C(O)CCS(=O)(=O)c1ccc(-c2ccc3cc[nH]c3c2)cc1. The molecule has 3 rings (SSSR count). The number of H-pyrrole nitrogens is 1. The number of sulfone groups is 1. The van der Waals surface area contributed by atoms with E-state index in [-0.39, 0.29) is 4.90 Å². The van der Waals surface area contributed by atoms with Gasteiger partial charge in [-0.1, -0.05) is 24.3 Å². The van der Waals surface area contributed by atoms with Gasteiger partial charge < -0.3 is 10.1 Å². The third-order valence-corrected chi connectivity index (χ3v) is 5.42. The first kappa shape index (κ1) is 15.3. The number of hydrogen-bond acceptors (Lipinski definition) is 3. The fourth-order valence-electron chi connectivity index (χ4n) is 2.42. The van der Waals surface area contributed by atoms with Crippen molar-refractivity contribution in [1.29, 1.82) is 0 Å². The molecule has 1 aromatic heterocycles. The number of benzene rings is 2. The summed E-state index contributed by atoms with van der Waals surface area (Å²) in [6.45, 7) is 0. The first-order valence-electron chi connectivity index (χ1n) is 7.08. The minimum Gasteiger partial charge on any atom is -0.481 e. The van der Waals surface area contributed by atoms with Crippen LogP contribution in [0.3, 0.4) is 0 Å². The Morgan fingerprint density at radius 2 is 1.70 bits per heavy atom. The fourth-order valence-corrected chi connectivity index (χ4v) is 3.65. The Hall–Kier alpha value is -2.60. The Kier molecular flexibility index (Phi) is 3.92. The smallest absolute Gasteiger partial charge is 0.304 e. The predicted molar refractivity (Wildman–Crippen MR) is 88.0 cm³/mol. The van der Waals surface area contributed by atoms with Crippen LogP contribution >= 0.6 is 0 Å². The lowest BCUT2D eigenvalue weighted by Gasteiger charge is -2.06. The van der Waals surface area contributed by atoms with E-state index in [1.54, 1.807) is 12.1 Å². The van der Waals surface area contributed by atoms with Gasteiger partial charge in [-0.2, -0.15) is 0 Å². The third kappa shape index (κ3) is 3.27. The number of carboxylic acid groups (broad SMARTS) is 1. The number of carbonyl (C=O) groups is 1. The van der Waals surface area contributed by atoms with Crippen LogP contribution in [0, 0.1) is 0 Å². The molecule has 0 saturated carbocycles. The van der Waals surface area contributed by atoms with Crippen LogP contribution in [0.4, 0.5) is 0 Å². The lowest BCUT2D eigenvalue weighted by Crippen LogP contribution is -2.10. The zero-order valence-corrected chi connectivity index (χ0v) is 13.0. The van der Waals surface area contributed by atoms with Crippen molar-refractivity contribution < 1.29 is 18.3 Å². The van der Waals surface area contributed by atoms with Gasteiger partial charge in [0.05, 0.1) is 17.1 Å². The van der Waals surface area contributed by atoms with Crippen molar-refractivity contribution in [2.24, 2.45) is 0 Å². The Bertz CT molecular complexity index is 956. The van der Waals surface area contributed by atoms with Crippen molar-refractivity contribution in [3.8, 4) is 11.1 Å². The summed E-state index contributed by atoms with van der Waals surface area (Å²) in [5.41, 5.74) is 2.90. The molecule has 118 valence electrons. The van der Waals surface area contributed by atoms with Gasteiger partial charge in [0.2, 0.25) is 0 Å². The molecule has 0 aliphatic heterocycles. The molecule has 23 heavy (non-hydrogen) atoms. The van der Waals surface area contributed by atoms with Crippen LogP contribution in [-0.4, -0.2) is 30.2 Å². The summed E-state index contributed by atoms with van der Waals surface area (Å²) in [5, 5.41) is 9.73. The zero-order valence-electron chi connectivity index (χ0n) is 12.2. The van der Waals surface area contributed by atoms with E-state index in [4.69, 9.17) is 5.11 Å². The van der Waals surface area contributed by atoms with Gasteiger partial charge in [0.25, 0.3) is 0 Å². The maximum atomic E-state index is 12.1. The minimum atomic E-state index is -3.57. The molecule has 0 radical (unpaired) electrons. The van der Waals surface area contributed by atoms with Crippen LogP contribution < -0.4 is 0 Å². The summed E-state index contributed by atoms with van der Waals surface area (Å²) in [6.07, 6.45) is 1.47. The lowest BCUT2D eigenvalue weighted by molar-refractivity contribution is -0.136. The topological polar surface area (TPSA) is 87.2 Å². The summed E-state index contributed by atoms with van der Waals surface area (Å²) in [4.78, 5) is 13.8. The second kappa shape index (κ2) is 5.89. The molecule has 1 heterocycles. The summed E-state index contributed by atoms with van der Waals surface area (Å²) >= 11 is 0. The number of carboxylic acids is 1. The number of aromatic nitrogens is 1. The number of nitrogens with one attached hydrogen (secondary N) is 1. The molecule has 0 amide bonds. The number of aromatic amines is 1. The molecular weight excluding hydrogens is 314 g/mol. The molecule has 0 atom stereocenters. The highest BCUT2D eigenvalue weighted by atomic mass is 32.2. The first-order valence-corrected chi connectivity index (χ1v) is 8.73. The van der Waals surface area contributed by atoms with Crippen molar-refractivity contribution in [1.82, 2.24) is 4.98 Å². The van der Waals surface area contributed by atoms with Crippen molar-refractivity contribution in [3.63, 3.8) is 0 Å². The molecule has 0 unspecified atom stereocenters. The van der Waals surface area contributed by atoms with E-state index in [2.05, 4.69) is 4.98 Å². The number of aliphatic carboxylic acids is 1. The maximum absolute atomic E-state index is 12.1. The summed E-state index contributed by atoms with van der Waals surface area (Å²) in [6, 6.07) is 14.5. The first-order chi connectivity index (χ1) is 11.0. The van der Waals surface area contributed by atoms with E-state index < -0.39 is 28.0 Å². The second-order valence-electron chi connectivity index (χ2n) is 5.27. The molecule has 0 aliphatic rings. The van der Waals surface area contributed by atoms with Gasteiger partial charge in [-0.3, -0.25) is 4.79 Å². The molecule has 2 N–H and O–H groups in total. The second-order valence-corrected chi connectivity index (χ2v) is 7.38. The van der Waals surface area contributed by atoms with E-state index in [0.29, 0.717) is 0 Å². The van der Waals surface area contributed by atoms with Gasteiger partial charge in [0.1, 0.15) is 0 Å². The Balaban J connectivity index is 1.88. The van der Waals surface area contributed by atoms with Crippen LogP contribution in [0.15, 0.2) is 59.6 Å². The van der Waals surface area contributed by atoms with Crippen molar-refractivity contribution >= 4 is 26.7 Å². The molecule has 0 saturated heterocycles. The summed E-state index contributed by atoms with van der Waals surface area (Å²) in [5.74, 6) is -1.51. The third-order valence-electron chi connectivity index (χ3n) is 3.69. The lowest BCUT2D eigenvalue weighted by atomic mass is 10.0. The van der Waals surface area contributed by atoms with Crippen LogP contribution in [0.5, 0.6) is 0 Å². The monoisotopic (exact) mass is 329 g/mol. The molecule has 0 aliphatic carbocycles. The van der Waals surface area contributed by atoms with Crippen LogP contribution in [0.25, 0.3) is 22.0 Å². The van der Waals surface area contributed by atoms with Crippen LogP contribution in [-0.2, 0) is 14.6 Å². The average molecular weight is 329 g/mol. The average Bonchev–Trinajstić information content (AvgIpc) is 3.01. The molecule has 0 spiro atoms. The standard InChI is InChI=1S/C17H15NO4S/c19-17(20)8-10-23(21,22)15-5-3-12(4-6-15)14-2-1-13-7-9-18-16(13)11-14/h1-7,9,11,18H,8,10H2,(H,19,20). The van der Waals surface area contributed by atoms with Gasteiger partial charge in [-0.05, 0) is 40.8 Å². The number of fused-ring (bicyclic) bond motifs is 1. The molecule has 0 bridgehead atoms. The summed E-state index contributed by atoms with van der Waals surface area (Å²) < 4.78 is 24.1. The van der Waals surface area contributed by atoms with Gasteiger partial charge in [-0.15, -0.1) is 0 Å². The molecule has 6 heteroatoms. The van der Waals surface area contributed by atoms with E-state index in [9.17, 15) is 13.2 Å². The normalized spacial score (nSPS) is 11.7. The van der Waals surface area contributed by atoms with Gasteiger partial charge in [-0.25, -0.2) is 8.42 Å². The van der Waals surface area contributed by atoms with Crippen molar-refractivity contribution in [2.45, 2.75) is 11.3 Å². The van der Waals surface area contributed by atoms with E-state index in [1.807, 2.05) is 30.5 Å². The quantitative estimate of drug-likeness (QED) is 0.753. The van der Waals surface area contributed by atoms with Crippen molar-refractivity contribution in [3.05, 3.63) is 54.7 Å². The van der Waals surface area contributed by atoms with E-state index in [0.717, 1.165) is 22.0 Å². The Morgan fingerprint density at radius 1 is 1.00 bits per heavy atom. The zero-order chi connectivity index (χ0) is 16.4. The van der Waals surface area contributed by atoms with Gasteiger partial charge >= 0.3 is 5.97 Å². The molecular formula is C17H15NO4S. The summed E-state index contributed by atoms with van der Waals surface area (Å²) in [7, 11) is -3.57. The molecule has 5 nitrogen and oxygen atoms in total. The van der Waals surface area contributed by atoms with Crippen LogP contribution in [0.2, 0.25) is 0 Å². The number of hydrogen-bond donors (Lipinski definition) is 2. The molecule has 3 aromatic rings. The Labute approximate surface area is 133 Å². The van der Waals surface area contributed by atoms with E-state index in [1.165, 1.54) is 12.1 Å². The van der Waals surface area contributed by atoms with E-state index >= 15 is 0 Å². The number of rotatable bonds is 5. The largest absolute Gasteiger partial charge is 0.481 e. The van der Waals surface area contributed by atoms with Crippen molar-refractivity contribution in [2.75, 3.05) is 5.75 Å².